The molecule has 4 aromatic rings. The van der Waals surface area contributed by atoms with Gasteiger partial charge in [0.15, 0.2) is 0 Å². The van der Waals surface area contributed by atoms with E-state index in [1.54, 1.807) is 0 Å². The van der Waals surface area contributed by atoms with E-state index in [9.17, 15) is 31.2 Å². The Bertz CT molecular complexity index is 1620. The van der Waals surface area contributed by atoms with Crippen molar-refractivity contribution < 1.29 is 26.4 Å². The lowest BCUT2D eigenvalue weighted by Crippen LogP contribution is -2.34. The van der Waals surface area contributed by atoms with Gasteiger partial charge in [-0.3, -0.25) is 4.79 Å². The largest absolute Gasteiger partial charge is 0.416 e. The fourth-order valence-electron chi connectivity index (χ4n) is 3.11. The van der Waals surface area contributed by atoms with E-state index >= 15 is 0 Å². The summed E-state index contributed by atoms with van der Waals surface area (Å²) in [6.07, 6.45) is -3.49. The van der Waals surface area contributed by atoms with Crippen LogP contribution in [0.15, 0.2) is 57.7 Å². The average Bonchev–Trinajstić information content (AvgIpc) is 3.21. The van der Waals surface area contributed by atoms with Gasteiger partial charge in [0.1, 0.15) is 15.9 Å². The van der Waals surface area contributed by atoms with Gasteiger partial charge < -0.3 is 5.32 Å². The number of urea groups is 1. The number of alkyl halides is 3. The number of anilines is 1. The first-order valence-electron chi connectivity index (χ1n) is 9.51. The number of nitrogens with one attached hydrogen (secondary N) is 2. The summed E-state index contributed by atoms with van der Waals surface area (Å²) >= 11 is 6.49. The van der Waals surface area contributed by atoms with Crippen LogP contribution >= 0.6 is 22.9 Å². The van der Waals surface area contributed by atoms with Crippen LogP contribution in [0.3, 0.4) is 0 Å². The number of carbonyl (C=O) groups excluding carboxylic acids is 1. The SMILES string of the molecule is Cc1nc2ccc(C(F)(F)F)cc2c(=O)n1-c1ccc(NC(=O)NS(=O)(=O)c2ccc(Cl)s2)cn1. The van der Waals surface area contributed by atoms with Gasteiger partial charge in [0.05, 0.1) is 32.7 Å². The zero-order chi connectivity index (χ0) is 25.5. The van der Waals surface area contributed by atoms with Gasteiger partial charge in [0.25, 0.3) is 15.6 Å². The lowest BCUT2D eigenvalue weighted by molar-refractivity contribution is -0.137. The molecule has 0 bridgehead atoms. The molecular weight excluding hydrogens is 531 g/mol. The standard InChI is InChI=1S/C20H13ClF3N5O4S2/c1-10-26-14-4-2-11(20(22,23)24)8-13(14)18(30)29(10)16-6-3-12(9-25-16)27-19(31)28-35(32,33)17-7-5-15(21)34-17/h2-9H,1H3,(H2,27,28,31). The Morgan fingerprint density at radius 3 is 2.49 bits per heavy atom. The number of fused-ring (bicyclic) bond motifs is 1. The van der Waals surface area contributed by atoms with Crippen LogP contribution in [0.25, 0.3) is 16.7 Å². The van der Waals surface area contributed by atoms with Crippen molar-refractivity contribution in [2.24, 2.45) is 0 Å². The lowest BCUT2D eigenvalue weighted by Gasteiger charge is -2.12. The summed E-state index contributed by atoms with van der Waals surface area (Å²) in [5.74, 6) is 0.208. The minimum Gasteiger partial charge on any atom is -0.306 e. The molecule has 0 aliphatic carbocycles. The minimum atomic E-state index is -4.63. The Labute approximate surface area is 204 Å². The summed E-state index contributed by atoms with van der Waals surface area (Å²) < 4.78 is 66.6. The van der Waals surface area contributed by atoms with Crippen LogP contribution < -0.4 is 15.6 Å². The molecule has 0 atom stereocenters. The zero-order valence-corrected chi connectivity index (χ0v) is 19.8. The highest BCUT2D eigenvalue weighted by Crippen LogP contribution is 2.30. The number of benzene rings is 1. The van der Waals surface area contributed by atoms with Crippen LogP contribution in [0.1, 0.15) is 11.4 Å². The van der Waals surface area contributed by atoms with Gasteiger partial charge >= 0.3 is 12.2 Å². The molecule has 0 radical (unpaired) electrons. The van der Waals surface area contributed by atoms with Crippen molar-refractivity contribution in [1.29, 1.82) is 0 Å². The topological polar surface area (TPSA) is 123 Å². The Hall–Kier alpha value is -3.49. The van der Waals surface area contributed by atoms with Crippen LogP contribution in [0, 0.1) is 6.92 Å². The van der Waals surface area contributed by atoms with Crippen molar-refractivity contribution in [3.8, 4) is 5.82 Å². The Balaban J connectivity index is 1.59. The summed E-state index contributed by atoms with van der Waals surface area (Å²) in [4.78, 5) is 33.3. The van der Waals surface area contributed by atoms with Crippen molar-refractivity contribution in [3.63, 3.8) is 0 Å². The van der Waals surface area contributed by atoms with E-state index in [2.05, 4.69) is 15.3 Å². The fourth-order valence-corrected chi connectivity index (χ4v) is 5.50. The molecule has 1 aromatic carbocycles. The number of rotatable bonds is 4. The third-order valence-corrected chi connectivity index (χ3v) is 7.69. The molecule has 0 saturated heterocycles. The number of halogens is 4. The predicted octanol–water partition coefficient (Wildman–Crippen LogP) is 4.33. The second-order valence-corrected chi connectivity index (χ2v) is 10.7. The Morgan fingerprint density at radius 1 is 1.14 bits per heavy atom. The number of hydrogen-bond acceptors (Lipinski definition) is 7. The van der Waals surface area contributed by atoms with Gasteiger partial charge in [-0.1, -0.05) is 11.6 Å². The number of nitrogens with zero attached hydrogens (tertiary/aromatic N) is 3. The predicted molar refractivity (Wildman–Crippen MR) is 124 cm³/mol. The molecule has 2 N–H and O–H groups in total. The molecule has 182 valence electrons. The van der Waals surface area contributed by atoms with E-state index in [-0.39, 0.29) is 36.8 Å². The van der Waals surface area contributed by atoms with Crippen molar-refractivity contribution in [2.75, 3.05) is 5.32 Å². The van der Waals surface area contributed by atoms with Crippen LogP contribution in [0.2, 0.25) is 4.34 Å². The number of hydrogen-bond donors (Lipinski definition) is 2. The van der Waals surface area contributed by atoms with Crippen molar-refractivity contribution in [3.05, 3.63) is 74.7 Å². The van der Waals surface area contributed by atoms with Gasteiger partial charge in [-0.25, -0.2) is 32.5 Å². The smallest absolute Gasteiger partial charge is 0.306 e. The molecule has 0 saturated carbocycles. The van der Waals surface area contributed by atoms with E-state index in [1.807, 2.05) is 4.72 Å². The van der Waals surface area contributed by atoms with Crippen LogP contribution in [0.5, 0.6) is 0 Å². The molecule has 15 heteroatoms. The monoisotopic (exact) mass is 543 g/mol. The number of carbonyl (C=O) groups is 1. The first-order valence-corrected chi connectivity index (χ1v) is 12.2. The van der Waals surface area contributed by atoms with Crippen LogP contribution in [-0.4, -0.2) is 29.0 Å². The fraction of sp³-hybridized carbons (Fsp3) is 0.100. The van der Waals surface area contributed by atoms with Gasteiger partial charge in [0, 0.05) is 0 Å². The summed E-state index contributed by atoms with van der Waals surface area (Å²) in [7, 11) is -4.14. The molecule has 0 fully saturated rings. The molecule has 2 amide bonds. The second-order valence-electron chi connectivity index (χ2n) is 7.05. The summed E-state index contributed by atoms with van der Waals surface area (Å²) in [6.45, 7) is 1.49. The van der Waals surface area contributed by atoms with Gasteiger partial charge in [-0.05, 0) is 49.4 Å². The normalized spacial score (nSPS) is 12.0. The maximum absolute atomic E-state index is 13.1. The lowest BCUT2D eigenvalue weighted by atomic mass is 10.1. The van der Waals surface area contributed by atoms with Crippen molar-refractivity contribution in [2.45, 2.75) is 17.3 Å². The van der Waals surface area contributed by atoms with Crippen LogP contribution in [0.4, 0.5) is 23.7 Å². The molecule has 0 spiro atoms. The van der Waals surface area contributed by atoms with Crippen LogP contribution in [-0.2, 0) is 16.2 Å². The van der Waals surface area contributed by atoms with E-state index < -0.39 is 33.4 Å². The molecule has 0 unspecified atom stereocenters. The van der Waals surface area contributed by atoms with Crippen molar-refractivity contribution >= 4 is 55.6 Å². The van der Waals surface area contributed by atoms with E-state index in [0.717, 1.165) is 40.3 Å². The third-order valence-electron chi connectivity index (χ3n) is 4.64. The zero-order valence-electron chi connectivity index (χ0n) is 17.4. The second kappa shape index (κ2) is 8.94. The maximum Gasteiger partial charge on any atom is 0.416 e. The average molecular weight is 544 g/mol. The number of pyridine rings is 1. The number of thiophene rings is 1. The van der Waals surface area contributed by atoms with E-state index in [4.69, 9.17) is 11.6 Å². The summed E-state index contributed by atoms with van der Waals surface area (Å²) in [5.41, 5.74) is -1.56. The maximum atomic E-state index is 13.1. The highest BCUT2D eigenvalue weighted by Gasteiger charge is 2.31. The Kier molecular flexibility index (Phi) is 6.29. The molecule has 3 aromatic heterocycles. The molecule has 0 aliphatic heterocycles. The number of aryl methyl sites for hydroxylation is 1. The third kappa shape index (κ3) is 5.13. The highest BCUT2D eigenvalue weighted by atomic mass is 35.5. The molecule has 3 heterocycles. The highest BCUT2D eigenvalue weighted by molar-refractivity contribution is 7.92. The first kappa shape index (κ1) is 24.6. The quantitative estimate of drug-likeness (QED) is 0.395. The Morgan fingerprint density at radius 2 is 1.89 bits per heavy atom. The minimum absolute atomic E-state index is 0.0334. The molecule has 4 rings (SSSR count). The number of amides is 2. The van der Waals surface area contributed by atoms with Gasteiger partial charge in [-0.15, -0.1) is 11.3 Å². The van der Waals surface area contributed by atoms with Crippen molar-refractivity contribution in [1.82, 2.24) is 19.3 Å². The number of sulfonamides is 1. The first-order chi connectivity index (χ1) is 16.3. The molecule has 0 aliphatic rings. The van der Waals surface area contributed by atoms with Gasteiger partial charge in [-0.2, -0.15) is 13.2 Å². The van der Waals surface area contributed by atoms with E-state index in [0.29, 0.717) is 0 Å². The van der Waals surface area contributed by atoms with E-state index in [1.165, 1.54) is 31.2 Å². The molecule has 35 heavy (non-hydrogen) atoms. The molecular formula is C20H13ClF3N5O4S2. The number of aromatic nitrogens is 3. The summed E-state index contributed by atoms with van der Waals surface area (Å²) in [6, 6.07) is 6.89. The molecule has 9 nitrogen and oxygen atoms in total. The summed E-state index contributed by atoms with van der Waals surface area (Å²) in [5, 5.41) is 2.05. The van der Waals surface area contributed by atoms with Gasteiger partial charge in [0.2, 0.25) is 0 Å².